The van der Waals surface area contributed by atoms with Gasteiger partial charge in [0.15, 0.2) is 17.3 Å². The number of amidine groups is 2. The largest absolute Gasteiger partial charge is 0.493 e. The second-order valence-corrected chi connectivity index (χ2v) is 8.79. The fourth-order valence-corrected chi connectivity index (χ4v) is 4.46. The summed E-state index contributed by atoms with van der Waals surface area (Å²) in [6.45, 7) is 1.89. The van der Waals surface area contributed by atoms with Gasteiger partial charge in [-0.1, -0.05) is 23.8 Å². The van der Waals surface area contributed by atoms with Gasteiger partial charge < -0.3 is 9.47 Å². The number of aryl methyl sites for hydroxylation is 1. The van der Waals surface area contributed by atoms with E-state index in [2.05, 4.69) is 15.1 Å². The molecule has 0 saturated heterocycles. The maximum atomic E-state index is 12.7. The molecule has 0 bridgehead atoms. The molecule has 2 aliphatic rings. The lowest BCUT2D eigenvalue weighted by Gasteiger charge is -2.20. The van der Waals surface area contributed by atoms with E-state index in [1.54, 1.807) is 60.9 Å². The molecule has 0 fully saturated rings. The summed E-state index contributed by atoms with van der Waals surface area (Å²) < 4.78 is 10.9. The summed E-state index contributed by atoms with van der Waals surface area (Å²) in [5, 5.41) is 15.3. The first-order chi connectivity index (χ1) is 17.4. The highest BCUT2D eigenvalue weighted by molar-refractivity contribution is 8.27. The van der Waals surface area contributed by atoms with Gasteiger partial charge in [-0.2, -0.15) is 15.1 Å². The third-order valence-electron chi connectivity index (χ3n) is 5.34. The maximum Gasteiger partial charge on any atom is 0.343 e. The Balaban J connectivity index is 1.40. The van der Waals surface area contributed by atoms with Crippen LogP contribution in [0.5, 0.6) is 11.5 Å². The van der Waals surface area contributed by atoms with Crippen molar-refractivity contribution in [2.24, 2.45) is 10.1 Å². The van der Waals surface area contributed by atoms with Crippen molar-refractivity contribution < 1.29 is 19.1 Å². The van der Waals surface area contributed by atoms with E-state index < -0.39 is 11.9 Å². The van der Waals surface area contributed by atoms with E-state index in [1.807, 2.05) is 13.0 Å². The van der Waals surface area contributed by atoms with Gasteiger partial charge in [-0.05, 0) is 66.7 Å². The van der Waals surface area contributed by atoms with E-state index in [1.165, 1.54) is 30.0 Å². The van der Waals surface area contributed by atoms with Gasteiger partial charge in [0, 0.05) is 18.0 Å². The molecule has 5 rings (SSSR count). The molecule has 0 radical (unpaired) electrons. The van der Waals surface area contributed by atoms with Crippen LogP contribution in [0.4, 0.5) is 0 Å². The number of methoxy groups -OCH3 is 1. The van der Waals surface area contributed by atoms with Gasteiger partial charge in [-0.3, -0.25) is 15.2 Å². The zero-order valence-electron chi connectivity index (χ0n) is 19.3. The van der Waals surface area contributed by atoms with Crippen molar-refractivity contribution in [3.63, 3.8) is 0 Å². The van der Waals surface area contributed by atoms with Crippen molar-refractivity contribution in [3.8, 4) is 11.5 Å². The average molecular weight is 498 g/mol. The molecule has 3 aromatic rings. The van der Waals surface area contributed by atoms with Crippen LogP contribution in [0.3, 0.4) is 0 Å². The van der Waals surface area contributed by atoms with E-state index >= 15 is 0 Å². The van der Waals surface area contributed by atoms with E-state index in [0.717, 1.165) is 11.1 Å². The van der Waals surface area contributed by atoms with Gasteiger partial charge in [-0.15, -0.1) is 0 Å². The van der Waals surface area contributed by atoms with Gasteiger partial charge in [0.25, 0.3) is 5.91 Å². The first-order valence-electron chi connectivity index (χ1n) is 10.8. The Morgan fingerprint density at radius 3 is 2.64 bits per heavy atom. The Morgan fingerprint density at radius 1 is 1.08 bits per heavy atom. The van der Waals surface area contributed by atoms with Crippen LogP contribution >= 0.6 is 11.8 Å². The molecule has 36 heavy (non-hydrogen) atoms. The molecule has 1 N–H and O–H groups in total. The van der Waals surface area contributed by atoms with Crippen LogP contribution in [-0.2, 0) is 4.79 Å². The van der Waals surface area contributed by atoms with Crippen LogP contribution in [0, 0.1) is 12.3 Å². The molecule has 2 aliphatic heterocycles. The molecule has 1 amide bonds. The average Bonchev–Trinajstić information content (AvgIpc) is 3.32. The van der Waals surface area contributed by atoms with Crippen molar-refractivity contribution in [1.29, 1.82) is 5.41 Å². The number of hydrogen-bond acceptors (Lipinski definition) is 8. The number of esters is 1. The predicted molar refractivity (Wildman–Crippen MR) is 137 cm³/mol. The molecule has 0 unspecified atom stereocenters. The number of aliphatic imine (C=N–C) groups is 1. The van der Waals surface area contributed by atoms with Crippen LogP contribution in [-0.4, -0.2) is 45.0 Å². The third-order valence-corrected chi connectivity index (χ3v) is 6.29. The topological polar surface area (TPSA) is 117 Å². The number of ether oxygens (including phenoxy) is 2. The summed E-state index contributed by atoms with van der Waals surface area (Å²) in [6, 6.07) is 15.6. The smallest absolute Gasteiger partial charge is 0.343 e. The number of hydrogen-bond donors (Lipinski definition) is 1. The summed E-state index contributed by atoms with van der Waals surface area (Å²) in [4.78, 5) is 33.4. The quantitative estimate of drug-likeness (QED) is 0.317. The lowest BCUT2D eigenvalue weighted by molar-refractivity contribution is -0.114. The second-order valence-electron chi connectivity index (χ2n) is 7.83. The number of pyridine rings is 1. The zero-order chi connectivity index (χ0) is 25.2. The molecule has 0 aliphatic carbocycles. The van der Waals surface area contributed by atoms with Gasteiger partial charge in [0.05, 0.1) is 18.2 Å². The number of carbonyl (C=O) groups excluding carboxylic acids is 2. The first kappa shape index (κ1) is 23.2. The lowest BCUT2D eigenvalue weighted by atomic mass is 10.1. The van der Waals surface area contributed by atoms with Gasteiger partial charge >= 0.3 is 5.97 Å². The van der Waals surface area contributed by atoms with Crippen molar-refractivity contribution in [3.05, 3.63) is 94.8 Å². The minimum atomic E-state index is -0.543. The predicted octanol–water partition coefficient (Wildman–Crippen LogP) is 4.29. The standard InChI is InChI=1S/C26H19N5O4S/c1-15-4-3-5-18(12-15)25(33)35-20-7-6-16(14-21(20)34-2)13-19-22(27)31-26(29-23(19)32)36-24(30-31)17-8-10-28-11-9-17/h3-14,27H,1-2H3. The molecule has 0 atom stereocenters. The fraction of sp³-hybridized carbons (Fsp3) is 0.0769. The second kappa shape index (κ2) is 9.59. The van der Waals surface area contributed by atoms with Gasteiger partial charge in [0.2, 0.25) is 5.17 Å². The maximum absolute atomic E-state index is 12.7. The minimum Gasteiger partial charge on any atom is -0.493 e. The van der Waals surface area contributed by atoms with Crippen LogP contribution in [0.2, 0.25) is 0 Å². The Labute approximate surface area is 210 Å². The summed E-state index contributed by atoms with van der Waals surface area (Å²) in [5.41, 5.74) is 2.83. The summed E-state index contributed by atoms with van der Waals surface area (Å²) in [6.07, 6.45) is 4.83. The Hall–Kier alpha value is -4.57. The molecule has 1 aromatic heterocycles. The fourth-order valence-electron chi connectivity index (χ4n) is 3.56. The molecular weight excluding hydrogens is 478 g/mol. The number of thioether (sulfide) groups is 1. The van der Waals surface area contributed by atoms with E-state index in [4.69, 9.17) is 14.9 Å². The van der Waals surface area contributed by atoms with Crippen molar-refractivity contribution >= 4 is 45.8 Å². The lowest BCUT2D eigenvalue weighted by Crippen LogP contribution is -2.35. The number of fused-ring (bicyclic) bond motifs is 1. The monoisotopic (exact) mass is 497 g/mol. The first-order valence-corrected chi connectivity index (χ1v) is 11.6. The Morgan fingerprint density at radius 2 is 1.89 bits per heavy atom. The molecule has 0 saturated carbocycles. The highest BCUT2D eigenvalue weighted by Gasteiger charge is 2.36. The van der Waals surface area contributed by atoms with E-state index in [-0.39, 0.29) is 17.2 Å². The normalized spacial score (nSPS) is 15.9. The third kappa shape index (κ3) is 4.53. The molecule has 9 nitrogen and oxygen atoms in total. The van der Waals surface area contributed by atoms with Crippen LogP contribution < -0.4 is 9.47 Å². The molecule has 10 heteroatoms. The number of nitrogens with one attached hydrogen (secondary N) is 1. The molecule has 2 aromatic carbocycles. The Bertz CT molecular complexity index is 1500. The molecule has 3 heterocycles. The summed E-state index contributed by atoms with van der Waals surface area (Å²) in [7, 11) is 1.46. The Kier molecular flexibility index (Phi) is 6.17. The molecule has 0 spiro atoms. The molecule has 178 valence electrons. The minimum absolute atomic E-state index is 0.0747. The number of nitrogens with zero attached hydrogens (tertiary/aromatic N) is 4. The SMILES string of the molecule is COc1cc(C=C2C(=N)N3N=C(c4ccncc4)SC3=NC2=O)ccc1OC(=O)c1cccc(C)c1. The van der Waals surface area contributed by atoms with Crippen molar-refractivity contribution in [2.75, 3.05) is 7.11 Å². The van der Waals surface area contributed by atoms with E-state index in [9.17, 15) is 9.59 Å². The van der Waals surface area contributed by atoms with Crippen molar-refractivity contribution in [1.82, 2.24) is 9.99 Å². The number of benzene rings is 2. The number of carbonyl (C=O) groups is 2. The van der Waals surface area contributed by atoms with Crippen LogP contribution in [0.15, 0.2) is 82.7 Å². The highest BCUT2D eigenvalue weighted by atomic mass is 32.2. The van der Waals surface area contributed by atoms with Crippen LogP contribution in [0.1, 0.15) is 27.0 Å². The van der Waals surface area contributed by atoms with Crippen LogP contribution in [0.25, 0.3) is 6.08 Å². The number of rotatable bonds is 5. The zero-order valence-corrected chi connectivity index (χ0v) is 20.1. The molecular formula is C26H19N5O4S. The van der Waals surface area contributed by atoms with Crippen molar-refractivity contribution in [2.45, 2.75) is 6.92 Å². The number of amides is 1. The van der Waals surface area contributed by atoms with Gasteiger partial charge in [-0.25, -0.2) is 4.79 Å². The van der Waals surface area contributed by atoms with Gasteiger partial charge in [0.1, 0.15) is 5.04 Å². The van der Waals surface area contributed by atoms with E-state index in [0.29, 0.717) is 27.1 Å². The number of hydrazone groups is 1. The number of aromatic nitrogens is 1. The highest BCUT2D eigenvalue weighted by Crippen LogP contribution is 2.33. The summed E-state index contributed by atoms with van der Waals surface area (Å²) >= 11 is 1.22. The summed E-state index contributed by atoms with van der Waals surface area (Å²) in [5.74, 6) is -0.601.